The van der Waals surface area contributed by atoms with E-state index in [0.717, 1.165) is 46.3 Å². The maximum Gasteiger partial charge on any atom is 0.179 e. The summed E-state index contributed by atoms with van der Waals surface area (Å²) in [7, 11) is 0. The lowest BCUT2D eigenvalue weighted by atomic mass is 10.0. The predicted molar refractivity (Wildman–Crippen MR) is 140 cm³/mol. The van der Waals surface area contributed by atoms with Gasteiger partial charge in [-0.1, -0.05) is 29.5 Å². The molecule has 1 atom stereocenters. The van der Waals surface area contributed by atoms with Crippen molar-refractivity contribution in [3.63, 3.8) is 0 Å². The third kappa shape index (κ3) is 3.97. The van der Waals surface area contributed by atoms with E-state index in [-0.39, 0.29) is 12.1 Å². The van der Waals surface area contributed by atoms with Crippen LogP contribution in [0, 0.1) is 29.7 Å². The molecule has 0 spiro atoms. The van der Waals surface area contributed by atoms with Gasteiger partial charge in [0.1, 0.15) is 34.7 Å². The van der Waals surface area contributed by atoms with Crippen LogP contribution in [-0.4, -0.2) is 47.6 Å². The van der Waals surface area contributed by atoms with E-state index in [0.29, 0.717) is 29.9 Å². The number of pyridine rings is 2. The zero-order valence-electron chi connectivity index (χ0n) is 21.1. The van der Waals surface area contributed by atoms with Crippen molar-refractivity contribution in [2.24, 2.45) is 0 Å². The Hall–Kier alpha value is -4.96. The molecule has 1 aliphatic heterocycles. The first-order valence-electron chi connectivity index (χ1n) is 12.6. The fourth-order valence-corrected chi connectivity index (χ4v) is 5.26. The number of likely N-dealkylation sites (tertiary alicyclic amines) is 1. The molecule has 6 rings (SSSR count). The van der Waals surface area contributed by atoms with Gasteiger partial charge in [0, 0.05) is 36.4 Å². The number of aromatic nitrogens is 6. The molecular weight excluding hydrogens is 478 g/mol. The summed E-state index contributed by atoms with van der Waals surface area (Å²) in [5.41, 5.74) is 4.28. The highest BCUT2D eigenvalue weighted by Crippen LogP contribution is 2.35. The molecule has 0 radical (unpaired) electrons. The second kappa shape index (κ2) is 9.49. The summed E-state index contributed by atoms with van der Waals surface area (Å²) in [6, 6.07) is 14.4. The van der Waals surface area contributed by atoms with Gasteiger partial charge >= 0.3 is 0 Å². The molecule has 4 aromatic heterocycles. The van der Waals surface area contributed by atoms with Crippen molar-refractivity contribution in [1.29, 1.82) is 10.5 Å². The van der Waals surface area contributed by atoms with E-state index in [1.807, 2.05) is 61.1 Å². The van der Waals surface area contributed by atoms with E-state index in [1.165, 1.54) is 0 Å². The second-order valence-electron chi connectivity index (χ2n) is 9.52. The van der Waals surface area contributed by atoms with Gasteiger partial charge in [0.25, 0.3) is 0 Å². The largest absolute Gasteiger partial charge is 0.482 e. The molecule has 10 heteroatoms. The Balaban J connectivity index is 1.39. The topological polar surface area (TPSA) is 121 Å². The molecule has 38 heavy (non-hydrogen) atoms. The average Bonchev–Trinajstić information content (AvgIpc) is 3.56. The van der Waals surface area contributed by atoms with Gasteiger partial charge in [-0.05, 0) is 44.2 Å². The molecule has 0 amide bonds. The number of ether oxygens (including phenoxy) is 1. The quantitative estimate of drug-likeness (QED) is 0.320. The van der Waals surface area contributed by atoms with Crippen molar-refractivity contribution in [2.75, 3.05) is 13.1 Å². The van der Waals surface area contributed by atoms with Crippen molar-refractivity contribution in [3.8, 4) is 29.3 Å². The van der Waals surface area contributed by atoms with Gasteiger partial charge in [-0.25, -0.2) is 9.20 Å². The first-order chi connectivity index (χ1) is 18.6. The fourth-order valence-electron chi connectivity index (χ4n) is 5.26. The highest BCUT2D eigenvalue weighted by atomic mass is 16.5. The summed E-state index contributed by atoms with van der Waals surface area (Å²) < 4.78 is 10.1. The lowest BCUT2D eigenvalue weighted by Crippen LogP contribution is -2.31. The number of piperidine rings is 1. The number of nitriles is 2. The molecule has 0 aliphatic carbocycles. The molecule has 0 N–H and O–H groups in total. The Kier molecular flexibility index (Phi) is 5.85. The monoisotopic (exact) mass is 503 g/mol. The molecule has 0 saturated carbocycles. The number of benzene rings is 1. The van der Waals surface area contributed by atoms with E-state index < -0.39 is 0 Å². The summed E-state index contributed by atoms with van der Waals surface area (Å²) in [5.74, 6) is 0.523. The average molecular weight is 504 g/mol. The van der Waals surface area contributed by atoms with Gasteiger partial charge in [-0.2, -0.15) is 15.6 Å². The smallest absolute Gasteiger partial charge is 0.179 e. The zero-order chi connectivity index (χ0) is 26.2. The number of hydrogen-bond donors (Lipinski definition) is 0. The van der Waals surface area contributed by atoms with Crippen LogP contribution in [0.4, 0.5) is 0 Å². The van der Waals surface area contributed by atoms with Crippen LogP contribution in [-0.2, 0) is 0 Å². The number of hydrogen-bond acceptors (Lipinski definition) is 8. The Bertz CT molecular complexity index is 1730. The van der Waals surface area contributed by atoms with Crippen LogP contribution in [0.3, 0.4) is 0 Å². The summed E-state index contributed by atoms with van der Waals surface area (Å²) in [6.45, 7) is 5.38. The van der Waals surface area contributed by atoms with Crippen LogP contribution in [0.5, 0.6) is 5.75 Å². The van der Waals surface area contributed by atoms with Gasteiger partial charge in [-0.15, -0.1) is 5.10 Å². The summed E-state index contributed by atoms with van der Waals surface area (Å²) in [4.78, 5) is 6.39. The molecule has 0 bridgehead atoms. The SMILES string of the molecule is Cc1c(-c2cc(OC(C)c3nccc4ccccc34)c3c(C#N)cnn3c2)nnn1C1CCN(C#N)CC1. The standard InChI is InChI=1S/C28H25N9O/c1-18-26(33-34-37(18)23-8-11-35(17-30)12-9-23)21-13-25(28-22(14-29)15-32-36(28)16-21)38-19(2)27-24-6-4-3-5-20(24)7-10-31-27/h3-7,10,13,15-16,19,23H,8-9,11-12H2,1-2H3. The number of nitrogens with zero attached hydrogens (tertiary/aromatic N) is 9. The van der Waals surface area contributed by atoms with Crippen molar-refractivity contribution in [1.82, 2.24) is 34.5 Å². The minimum Gasteiger partial charge on any atom is -0.482 e. The lowest BCUT2D eigenvalue weighted by molar-refractivity contribution is 0.226. The van der Waals surface area contributed by atoms with Crippen LogP contribution in [0.15, 0.2) is 55.0 Å². The van der Waals surface area contributed by atoms with Crippen molar-refractivity contribution in [3.05, 3.63) is 71.9 Å². The molecule has 10 nitrogen and oxygen atoms in total. The number of rotatable bonds is 5. The third-order valence-electron chi connectivity index (χ3n) is 7.24. The molecular formula is C28H25N9O. The highest BCUT2D eigenvalue weighted by Gasteiger charge is 2.25. The van der Waals surface area contributed by atoms with Gasteiger partial charge in [0.15, 0.2) is 6.19 Å². The van der Waals surface area contributed by atoms with E-state index >= 15 is 0 Å². The summed E-state index contributed by atoms with van der Waals surface area (Å²) in [6.07, 6.45) is 8.69. The normalized spacial score (nSPS) is 14.9. The molecule has 1 saturated heterocycles. The Morgan fingerprint density at radius 1 is 1.13 bits per heavy atom. The molecule has 1 aliphatic rings. The lowest BCUT2D eigenvalue weighted by Gasteiger charge is -2.28. The molecule has 188 valence electrons. The minimum atomic E-state index is -0.385. The first-order valence-corrected chi connectivity index (χ1v) is 12.6. The Morgan fingerprint density at radius 3 is 2.74 bits per heavy atom. The summed E-state index contributed by atoms with van der Waals surface area (Å²) in [5, 5.41) is 34.4. The molecule has 5 aromatic rings. The zero-order valence-corrected chi connectivity index (χ0v) is 21.1. The first kappa shape index (κ1) is 23.4. The summed E-state index contributed by atoms with van der Waals surface area (Å²) >= 11 is 0. The second-order valence-corrected chi connectivity index (χ2v) is 9.52. The fraction of sp³-hybridized carbons (Fsp3) is 0.286. The van der Waals surface area contributed by atoms with Gasteiger partial charge in [0.2, 0.25) is 0 Å². The van der Waals surface area contributed by atoms with Crippen LogP contribution < -0.4 is 4.74 Å². The van der Waals surface area contributed by atoms with Crippen LogP contribution in [0.25, 0.3) is 27.5 Å². The van der Waals surface area contributed by atoms with E-state index in [4.69, 9.17) is 4.74 Å². The maximum absolute atomic E-state index is 9.74. The maximum atomic E-state index is 9.74. The van der Waals surface area contributed by atoms with E-state index in [9.17, 15) is 10.5 Å². The van der Waals surface area contributed by atoms with E-state index in [1.54, 1.807) is 21.8 Å². The predicted octanol–water partition coefficient (Wildman–Crippen LogP) is 4.58. The third-order valence-corrected chi connectivity index (χ3v) is 7.24. The molecule has 1 aromatic carbocycles. The van der Waals surface area contributed by atoms with Gasteiger partial charge in [-0.3, -0.25) is 4.98 Å². The van der Waals surface area contributed by atoms with Crippen molar-refractivity contribution in [2.45, 2.75) is 38.8 Å². The van der Waals surface area contributed by atoms with Crippen LogP contribution in [0.1, 0.15) is 48.9 Å². The Labute approximate surface area is 219 Å². The van der Waals surface area contributed by atoms with Crippen LogP contribution in [0.2, 0.25) is 0 Å². The molecule has 1 unspecified atom stereocenters. The van der Waals surface area contributed by atoms with Gasteiger partial charge in [0.05, 0.1) is 23.6 Å². The van der Waals surface area contributed by atoms with Crippen molar-refractivity contribution >= 4 is 16.3 Å². The Morgan fingerprint density at radius 2 is 1.95 bits per heavy atom. The minimum absolute atomic E-state index is 0.188. The van der Waals surface area contributed by atoms with Crippen LogP contribution >= 0.6 is 0 Å². The molecule has 1 fully saturated rings. The highest BCUT2D eigenvalue weighted by molar-refractivity contribution is 5.84. The molecule has 5 heterocycles. The van der Waals surface area contributed by atoms with Gasteiger partial charge < -0.3 is 9.64 Å². The number of fused-ring (bicyclic) bond motifs is 2. The van der Waals surface area contributed by atoms with E-state index in [2.05, 4.69) is 32.7 Å². The van der Waals surface area contributed by atoms with Crippen molar-refractivity contribution < 1.29 is 4.74 Å².